The van der Waals surface area contributed by atoms with Crippen molar-refractivity contribution in [3.05, 3.63) is 64.1 Å². The van der Waals surface area contributed by atoms with Gasteiger partial charge in [0.15, 0.2) is 0 Å². The fraction of sp³-hybridized carbons (Fsp3) is 0.0714. The van der Waals surface area contributed by atoms with Crippen molar-refractivity contribution < 1.29 is 9.90 Å². The van der Waals surface area contributed by atoms with Gasteiger partial charge in [-0.2, -0.15) is 0 Å². The summed E-state index contributed by atoms with van der Waals surface area (Å²) < 4.78 is 0.859. The van der Waals surface area contributed by atoms with Gasteiger partial charge in [-0.15, -0.1) is 0 Å². The summed E-state index contributed by atoms with van der Waals surface area (Å²) in [5.41, 5.74) is 1.28. The number of rotatable bonds is 3. The molecule has 18 heavy (non-hydrogen) atoms. The molecule has 0 aliphatic rings. The molecule has 2 rings (SSSR count). The highest BCUT2D eigenvalue weighted by Crippen LogP contribution is 2.15. The van der Waals surface area contributed by atoms with E-state index in [1.807, 2.05) is 12.1 Å². The van der Waals surface area contributed by atoms with Crippen LogP contribution in [0.25, 0.3) is 0 Å². The van der Waals surface area contributed by atoms with E-state index in [-0.39, 0.29) is 11.7 Å². The smallest absolute Gasteiger partial charge is 0.251 e. The first-order chi connectivity index (χ1) is 8.66. The summed E-state index contributed by atoms with van der Waals surface area (Å²) in [6.45, 7) is 0.304. The number of phenols is 1. The van der Waals surface area contributed by atoms with Gasteiger partial charge in [0.05, 0.1) is 0 Å². The molecule has 0 spiro atoms. The minimum Gasteiger partial charge on any atom is -0.508 e. The van der Waals surface area contributed by atoms with Crippen molar-refractivity contribution in [1.82, 2.24) is 5.32 Å². The lowest BCUT2D eigenvalue weighted by atomic mass is 10.2. The van der Waals surface area contributed by atoms with Crippen molar-refractivity contribution in [2.24, 2.45) is 0 Å². The van der Waals surface area contributed by atoms with Gasteiger partial charge in [-0.3, -0.25) is 4.79 Å². The van der Waals surface area contributed by atoms with Crippen molar-refractivity contribution >= 4 is 21.8 Å². The zero-order chi connectivity index (χ0) is 13.0. The van der Waals surface area contributed by atoms with E-state index in [1.54, 1.807) is 36.4 Å². The molecule has 2 N–H and O–H groups in total. The lowest BCUT2D eigenvalue weighted by Crippen LogP contribution is -2.22. The Balaban J connectivity index is 2.03. The van der Waals surface area contributed by atoms with Crippen LogP contribution in [0.1, 0.15) is 15.9 Å². The molecule has 1 amide bonds. The van der Waals surface area contributed by atoms with Crippen LogP contribution in [0.15, 0.2) is 53.0 Å². The zero-order valence-corrected chi connectivity index (χ0v) is 11.1. The van der Waals surface area contributed by atoms with E-state index in [4.69, 9.17) is 0 Å². The fourth-order valence-electron chi connectivity index (χ4n) is 1.57. The van der Waals surface area contributed by atoms with E-state index >= 15 is 0 Å². The summed E-state index contributed by atoms with van der Waals surface area (Å²) >= 11 is 3.32. The van der Waals surface area contributed by atoms with Gasteiger partial charge in [-0.05, 0) is 24.3 Å². The third-order valence-corrected chi connectivity index (χ3v) is 3.01. The Morgan fingerprint density at radius 3 is 2.67 bits per heavy atom. The van der Waals surface area contributed by atoms with Crippen molar-refractivity contribution in [1.29, 1.82) is 0 Å². The van der Waals surface area contributed by atoms with Crippen molar-refractivity contribution in [2.45, 2.75) is 6.54 Å². The number of hydrogen-bond donors (Lipinski definition) is 2. The molecule has 0 aromatic heterocycles. The van der Waals surface area contributed by atoms with Crippen LogP contribution in [-0.4, -0.2) is 11.0 Å². The van der Waals surface area contributed by atoms with Crippen LogP contribution in [-0.2, 0) is 6.54 Å². The predicted molar refractivity (Wildman–Crippen MR) is 73.4 cm³/mol. The number of halogens is 1. The summed E-state index contributed by atoms with van der Waals surface area (Å²) in [6, 6.07) is 14.1. The summed E-state index contributed by atoms with van der Waals surface area (Å²) in [5, 5.41) is 12.3. The molecule has 0 fully saturated rings. The van der Waals surface area contributed by atoms with Crippen LogP contribution in [0.3, 0.4) is 0 Å². The van der Waals surface area contributed by atoms with Crippen molar-refractivity contribution in [2.75, 3.05) is 0 Å². The second-order valence-electron chi connectivity index (χ2n) is 3.82. The molecule has 92 valence electrons. The zero-order valence-electron chi connectivity index (χ0n) is 9.56. The van der Waals surface area contributed by atoms with Crippen LogP contribution < -0.4 is 5.32 Å². The van der Waals surface area contributed by atoms with Gasteiger partial charge in [0.25, 0.3) is 5.91 Å². The van der Waals surface area contributed by atoms with Gasteiger partial charge in [0.2, 0.25) is 0 Å². The minimum absolute atomic E-state index is 0.167. The van der Waals surface area contributed by atoms with Crippen LogP contribution >= 0.6 is 15.9 Å². The Bertz CT molecular complexity index is 569. The molecule has 2 aromatic rings. The van der Waals surface area contributed by atoms with E-state index < -0.39 is 0 Å². The number of amides is 1. The van der Waals surface area contributed by atoms with Gasteiger partial charge in [0.1, 0.15) is 5.75 Å². The normalized spacial score (nSPS) is 10.1. The fourth-order valence-corrected chi connectivity index (χ4v) is 1.97. The number of nitrogens with one attached hydrogen (secondary N) is 1. The van der Waals surface area contributed by atoms with E-state index in [0.717, 1.165) is 4.47 Å². The SMILES string of the molecule is O=C(NCc1ccccc1O)c1cccc(Br)c1. The quantitative estimate of drug-likeness (QED) is 0.915. The van der Waals surface area contributed by atoms with Gasteiger partial charge >= 0.3 is 0 Å². The first-order valence-electron chi connectivity index (χ1n) is 5.47. The number of phenolic OH excluding ortho intramolecular Hbond substituents is 1. The number of benzene rings is 2. The van der Waals surface area contributed by atoms with E-state index in [1.165, 1.54) is 0 Å². The maximum Gasteiger partial charge on any atom is 0.251 e. The molecule has 0 aliphatic heterocycles. The molecule has 2 aromatic carbocycles. The van der Waals surface area contributed by atoms with Crippen molar-refractivity contribution in [3.8, 4) is 5.75 Å². The highest BCUT2D eigenvalue weighted by atomic mass is 79.9. The molecular formula is C14H12BrNO2. The highest BCUT2D eigenvalue weighted by molar-refractivity contribution is 9.10. The average Bonchev–Trinajstić information content (AvgIpc) is 2.37. The highest BCUT2D eigenvalue weighted by Gasteiger charge is 2.06. The molecule has 0 bridgehead atoms. The Morgan fingerprint density at radius 2 is 1.94 bits per heavy atom. The van der Waals surface area contributed by atoms with Gasteiger partial charge in [-0.1, -0.05) is 40.2 Å². The Kier molecular flexibility index (Phi) is 3.99. The van der Waals surface area contributed by atoms with E-state index in [0.29, 0.717) is 17.7 Å². The number of carbonyl (C=O) groups excluding carboxylic acids is 1. The van der Waals surface area contributed by atoms with Crippen LogP contribution in [0.2, 0.25) is 0 Å². The third kappa shape index (κ3) is 3.11. The van der Waals surface area contributed by atoms with Gasteiger partial charge < -0.3 is 10.4 Å². The molecule has 3 nitrogen and oxygen atoms in total. The number of para-hydroxylation sites is 1. The monoisotopic (exact) mass is 305 g/mol. The molecule has 0 aliphatic carbocycles. The number of aromatic hydroxyl groups is 1. The third-order valence-electron chi connectivity index (χ3n) is 2.52. The second kappa shape index (κ2) is 5.69. The molecule has 0 radical (unpaired) electrons. The lowest BCUT2D eigenvalue weighted by molar-refractivity contribution is 0.0950. The van der Waals surface area contributed by atoms with Crippen LogP contribution in [0.4, 0.5) is 0 Å². The molecule has 0 saturated heterocycles. The average molecular weight is 306 g/mol. The Labute approximate surface area is 114 Å². The summed E-state index contributed by atoms with van der Waals surface area (Å²) in [4.78, 5) is 11.9. The van der Waals surface area contributed by atoms with E-state index in [9.17, 15) is 9.90 Å². The predicted octanol–water partition coefficient (Wildman–Crippen LogP) is 3.08. The first kappa shape index (κ1) is 12.6. The van der Waals surface area contributed by atoms with E-state index in [2.05, 4.69) is 21.2 Å². The molecule has 0 atom stereocenters. The first-order valence-corrected chi connectivity index (χ1v) is 6.27. The molecule has 0 unspecified atom stereocenters. The molecular weight excluding hydrogens is 294 g/mol. The topological polar surface area (TPSA) is 49.3 Å². The van der Waals surface area contributed by atoms with Crippen LogP contribution in [0.5, 0.6) is 5.75 Å². The van der Waals surface area contributed by atoms with Gasteiger partial charge in [-0.25, -0.2) is 0 Å². The standard InChI is InChI=1S/C14H12BrNO2/c15-12-6-3-5-10(8-12)14(18)16-9-11-4-1-2-7-13(11)17/h1-8,17H,9H2,(H,16,18). The van der Waals surface area contributed by atoms with Crippen LogP contribution in [0, 0.1) is 0 Å². The number of hydrogen-bond acceptors (Lipinski definition) is 2. The molecule has 0 saturated carbocycles. The summed E-state index contributed by atoms with van der Waals surface area (Å²) in [5.74, 6) is 0.0200. The van der Waals surface area contributed by atoms with Gasteiger partial charge in [0, 0.05) is 22.1 Å². The largest absolute Gasteiger partial charge is 0.508 e. The Hall–Kier alpha value is -1.81. The summed E-state index contributed by atoms with van der Waals surface area (Å²) in [6.07, 6.45) is 0. The maximum absolute atomic E-state index is 11.9. The number of carbonyl (C=O) groups is 1. The summed E-state index contributed by atoms with van der Waals surface area (Å²) in [7, 11) is 0. The molecule has 4 heteroatoms. The molecule has 0 heterocycles. The lowest BCUT2D eigenvalue weighted by Gasteiger charge is -2.07. The van der Waals surface area contributed by atoms with Crippen molar-refractivity contribution in [3.63, 3.8) is 0 Å². The second-order valence-corrected chi connectivity index (χ2v) is 4.74. The maximum atomic E-state index is 11.9. The Morgan fingerprint density at radius 1 is 1.17 bits per heavy atom. The minimum atomic E-state index is -0.167.